The molecule has 1 rings (SSSR count). The minimum atomic E-state index is -0.590. The van der Waals surface area contributed by atoms with Gasteiger partial charge in [0, 0.05) is 6.42 Å². The Morgan fingerprint density at radius 3 is 2.75 bits per heavy atom. The maximum atomic E-state index is 13.2. The zero-order valence-corrected chi connectivity index (χ0v) is 9.17. The summed E-state index contributed by atoms with van der Waals surface area (Å²) < 4.78 is 26.1. The van der Waals surface area contributed by atoms with Crippen LogP contribution in [0.1, 0.15) is 25.3 Å². The summed E-state index contributed by atoms with van der Waals surface area (Å²) >= 11 is 0. The van der Waals surface area contributed by atoms with Crippen molar-refractivity contribution >= 4 is 5.78 Å². The maximum absolute atomic E-state index is 13.2. The van der Waals surface area contributed by atoms with Crippen molar-refractivity contribution in [1.82, 2.24) is 0 Å². The smallest absolute Gasteiger partial charge is 0.153 e. The number of Topliss-reactive ketones (excluding diaryl/α,β-unsaturated/α-hetero) is 1. The van der Waals surface area contributed by atoms with Crippen LogP contribution in [0.25, 0.3) is 0 Å². The molecule has 0 aliphatic carbocycles. The van der Waals surface area contributed by atoms with Crippen LogP contribution in [0.2, 0.25) is 0 Å². The number of benzene rings is 1. The first-order valence-electron chi connectivity index (χ1n) is 5.26. The van der Waals surface area contributed by atoms with E-state index in [2.05, 4.69) is 0 Å². The normalized spacial score (nSPS) is 12.5. The molecule has 1 aromatic rings. The van der Waals surface area contributed by atoms with E-state index in [9.17, 15) is 13.6 Å². The van der Waals surface area contributed by atoms with Gasteiger partial charge in [0.15, 0.2) is 5.78 Å². The van der Waals surface area contributed by atoms with Gasteiger partial charge in [0.2, 0.25) is 0 Å². The fourth-order valence-corrected chi connectivity index (χ4v) is 1.47. The topological polar surface area (TPSA) is 43.1 Å². The van der Waals surface area contributed by atoms with Gasteiger partial charge in [-0.3, -0.25) is 4.79 Å². The molecule has 0 aromatic heterocycles. The lowest BCUT2D eigenvalue weighted by Gasteiger charge is -2.09. The summed E-state index contributed by atoms with van der Waals surface area (Å²) in [6.45, 7) is 1.91. The number of nitrogens with two attached hydrogens (primary N) is 1. The van der Waals surface area contributed by atoms with Crippen molar-refractivity contribution in [1.29, 1.82) is 0 Å². The minimum Gasteiger partial charge on any atom is -0.321 e. The van der Waals surface area contributed by atoms with E-state index in [4.69, 9.17) is 5.73 Å². The molecule has 0 radical (unpaired) electrons. The third-order valence-electron chi connectivity index (χ3n) is 2.39. The number of halogens is 2. The first-order chi connectivity index (χ1) is 7.54. The molecule has 0 amide bonds. The number of hydrogen-bond donors (Lipinski definition) is 1. The van der Waals surface area contributed by atoms with Crippen LogP contribution in [0.15, 0.2) is 18.2 Å². The average molecular weight is 227 g/mol. The van der Waals surface area contributed by atoms with Crippen molar-refractivity contribution in [3.63, 3.8) is 0 Å². The van der Waals surface area contributed by atoms with E-state index < -0.39 is 17.7 Å². The van der Waals surface area contributed by atoms with Crippen molar-refractivity contribution in [2.75, 3.05) is 0 Å². The highest BCUT2D eigenvalue weighted by molar-refractivity contribution is 5.85. The first-order valence-corrected chi connectivity index (χ1v) is 5.26. The summed E-state index contributed by atoms with van der Waals surface area (Å²) in [5, 5.41) is 0. The Balaban J connectivity index is 2.72. The SMILES string of the molecule is CCCC(N)C(=O)Cc1cc(F)ccc1F. The van der Waals surface area contributed by atoms with Crippen LogP contribution in [0.4, 0.5) is 8.78 Å². The predicted octanol–water partition coefficient (Wildman–Crippen LogP) is 2.20. The van der Waals surface area contributed by atoms with Crippen molar-refractivity contribution in [3.8, 4) is 0 Å². The number of rotatable bonds is 5. The van der Waals surface area contributed by atoms with Gasteiger partial charge in [0.25, 0.3) is 0 Å². The van der Waals surface area contributed by atoms with Gasteiger partial charge in [-0.05, 0) is 30.2 Å². The molecule has 0 aliphatic rings. The Labute approximate surface area is 93.5 Å². The number of hydrogen-bond acceptors (Lipinski definition) is 2. The van der Waals surface area contributed by atoms with Gasteiger partial charge in [-0.2, -0.15) is 0 Å². The highest BCUT2D eigenvalue weighted by Crippen LogP contribution is 2.11. The predicted molar refractivity (Wildman–Crippen MR) is 58.0 cm³/mol. The average Bonchev–Trinajstić information content (AvgIpc) is 2.23. The van der Waals surface area contributed by atoms with Gasteiger partial charge < -0.3 is 5.73 Å². The van der Waals surface area contributed by atoms with Crippen molar-refractivity contribution in [2.45, 2.75) is 32.2 Å². The molecule has 16 heavy (non-hydrogen) atoms. The van der Waals surface area contributed by atoms with Crippen molar-refractivity contribution in [2.24, 2.45) is 5.73 Å². The van der Waals surface area contributed by atoms with Gasteiger partial charge in [0.05, 0.1) is 6.04 Å². The second-order valence-corrected chi connectivity index (χ2v) is 3.77. The van der Waals surface area contributed by atoms with Crippen LogP contribution in [0, 0.1) is 11.6 Å². The molecule has 0 aliphatic heterocycles. The molecule has 0 spiro atoms. The lowest BCUT2D eigenvalue weighted by molar-refractivity contribution is -0.119. The number of carbonyl (C=O) groups excluding carboxylic acids is 1. The Morgan fingerprint density at radius 1 is 1.44 bits per heavy atom. The van der Waals surface area contributed by atoms with Crippen LogP contribution in [-0.2, 0) is 11.2 Å². The van der Waals surface area contributed by atoms with E-state index in [1.54, 1.807) is 0 Å². The molecule has 2 nitrogen and oxygen atoms in total. The molecular formula is C12H15F2NO. The monoisotopic (exact) mass is 227 g/mol. The Morgan fingerprint density at radius 2 is 2.12 bits per heavy atom. The van der Waals surface area contributed by atoms with Crippen molar-refractivity contribution in [3.05, 3.63) is 35.4 Å². The number of carbonyl (C=O) groups is 1. The van der Waals surface area contributed by atoms with E-state index in [1.807, 2.05) is 6.92 Å². The summed E-state index contributed by atoms with van der Waals surface area (Å²) in [5.74, 6) is -1.38. The van der Waals surface area contributed by atoms with E-state index in [1.165, 1.54) is 0 Å². The lowest BCUT2D eigenvalue weighted by Crippen LogP contribution is -2.31. The largest absolute Gasteiger partial charge is 0.321 e. The highest BCUT2D eigenvalue weighted by atomic mass is 19.1. The molecule has 1 aromatic carbocycles. The summed E-state index contributed by atoms with van der Waals surface area (Å²) in [5.41, 5.74) is 5.66. The van der Waals surface area contributed by atoms with Crippen LogP contribution in [0.5, 0.6) is 0 Å². The number of ketones is 1. The second-order valence-electron chi connectivity index (χ2n) is 3.77. The molecular weight excluding hydrogens is 212 g/mol. The van der Waals surface area contributed by atoms with Gasteiger partial charge in [-0.25, -0.2) is 8.78 Å². The third-order valence-corrected chi connectivity index (χ3v) is 2.39. The zero-order chi connectivity index (χ0) is 12.1. The van der Waals surface area contributed by atoms with Gasteiger partial charge in [0.1, 0.15) is 11.6 Å². The molecule has 2 N–H and O–H groups in total. The minimum absolute atomic E-state index is 0.0663. The summed E-state index contributed by atoms with van der Waals surface area (Å²) in [4.78, 5) is 11.6. The molecule has 0 saturated carbocycles. The molecule has 0 fully saturated rings. The Kier molecular flexibility index (Phi) is 4.55. The quantitative estimate of drug-likeness (QED) is 0.838. The maximum Gasteiger partial charge on any atom is 0.153 e. The van der Waals surface area contributed by atoms with E-state index in [-0.39, 0.29) is 17.8 Å². The molecule has 88 valence electrons. The molecule has 0 heterocycles. The van der Waals surface area contributed by atoms with Gasteiger partial charge >= 0.3 is 0 Å². The summed E-state index contributed by atoms with van der Waals surface area (Å²) in [7, 11) is 0. The summed E-state index contributed by atoms with van der Waals surface area (Å²) in [6.07, 6.45) is 1.21. The fraction of sp³-hybridized carbons (Fsp3) is 0.417. The van der Waals surface area contributed by atoms with Crippen LogP contribution < -0.4 is 5.73 Å². The van der Waals surface area contributed by atoms with Gasteiger partial charge in [-0.1, -0.05) is 13.3 Å². The Hall–Kier alpha value is -1.29. The fourth-order valence-electron chi connectivity index (χ4n) is 1.47. The second kappa shape index (κ2) is 5.70. The molecule has 0 bridgehead atoms. The molecule has 4 heteroatoms. The van der Waals surface area contributed by atoms with Crippen LogP contribution in [-0.4, -0.2) is 11.8 Å². The van der Waals surface area contributed by atoms with Crippen LogP contribution >= 0.6 is 0 Å². The lowest BCUT2D eigenvalue weighted by atomic mass is 10.0. The molecule has 0 saturated heterocycles. The Bertz CT molecular complexity index is 379. The molecule has 1 unspecified atom stereocenters. The third kappa shape index (κ3) is 3.38. The standard InChI is InChI=1S/C12H15F2NO/c1-2-3-11(15)12(16)7-8-6-9(13)4-5-10(8)14/h4-6,11H,2-3,7,15H2,1H3. The summed E-state index contributed by atoms with van der Waals surface area (Å²) in [6, 6.07) is 2.48. The van der Waals surface area contributed by atoms with Gasteiger partial charge in [-0.15, -0.1) is 0 Å². The van der Waals surface area contributed by atoms with E-state index in [0.29, 0.717) is 6.42 Å². The first kappa shape index (κ1) is 12.8. The van der Waals surface area contributed by atoms with E-state index >= 15 is 0 Å². The highest BCUT2D eigenvalue weighted by Gasteiger charge is 2.15. The van der Waals surface area contributed by atoms with E-state index in [0.717, 1.165) is 24.6 Å². The molecule has 1 atom stereocenters. The van der Waals surface area contributed by atoms with Crippen LogP contribution in [0.3, 0.4) is 0 Å². The zero-order valence-electron chi connectivity index (χ0n) is 9.17. The van der Waals surface area contributed by atoms with Crippen molar-refractivity contribution < 1.29 is 13.6 Å².